The Morgan fingerprint density at radius 3 is 2.78 bits per heavy atom. The summed E-state index contributed by atoms with van der Waals surface area (Å²) >= 11 is 0. The standard InChI is InChI=1S/C14H16N2O2/c1-9(2)8-16-13-11-4-3-5-12(14(17)18)10(11)6-7-15-13/h3-7,9H,8H2,1-2H3,(H,15,16)(H,17,18). The van der Waals surface area contributed by atoms with Gasteiger partial charge in [0.2, 0.25) is 0 Å². The average Bonchev–Trinajstić information content (AvgIpc) is 2.35. The number of nitrogens with one attached hydrogen (secondary N) is 1. The molecule has 0 radical (unpaired) electrons. The first-order chi connectivity index (χ1) is 8.59. The van der Waals surface area contributed by atoms with Crippen LogP contribution < -0.4 is 5.32 Å². The normalized spacial score (nSPS) is 10.8. The highest BCUT2D eigenvalue weighted by molar-refractivity contribution is 6.06. The van der Waals surface area contributed by atoms with Crippen molar-refractivity contribution < 1.29 is 9.90 Å². The molecular weight excluding hydrogens is 228 g/mol. The van der Waals surface area contributed by atoms with Gasteiger partial charge < -0.3 is 10.4 Å². The van der Waals surface area contributed by atoms with E-state index in [2.05, 4.69) is 24.1 Å². The van der Waals surface area contributed by atoms with E-state index >= 15 is 0 Å². The van der Waals surface area contributed by atoms with E-state index in [9.17, 15) is 4.79 Å². The Hall–Kier alpha value is -2.10. The van der Waals surface area contributed by atoms with Gasteiger partial charge in [-0.25, -0.2) is 9.78 Å². The summed E-state index contributed by atoms with van der Waals surface area (Å²) in [4.78, 5) is 15.4. The van der Waals surface area contributed by atoms with Crippen LogP contribution >= 0.6 is 0 Å². The quantitative estimate of drug-likeness (QED) is 0.867. The van der Waals surface area contributed by atoms with Crippen molar-refractivity contribution in [3.63, 3.8) is 0 Å². The van der Waals surface area contributed by atoms with E-state index in [0.29, 0.717) is 16.9 Å². The van der Waals surface area contributed by atoms with E-state index < -0.39 is 5.97 Å². The van der Waals surface area contributed by atoms with Crippen LogP contribution in [0.2, 0.25) is 0 Å². The summed E-state index contributed by atoms with van der Waals surface area (Å²) in [5.74, 6) is 0.329. The van der Waals surface area contributed by atoms with Crippen LogP contribution in [0.4, 0.5) is 5.82 Å². The van der Waals surface area contributed by atoms with Crippen LogP contribution in [0.3, 0.4) is 0 Å². The molecule has 0 fully saturated rings. The predicted octanol–water partition coefficient (Wildman–Crippen LogP) is 3.00. The largest absolute Gasteiger partial charge is 0.478 e. The van der Waals surface area contributed by atoms with Crippen LogP contribution in [0.5, 0.6) is 0 Å². The molecule has 2 N–H and O–H groups in total. The molecule has 2 aromatic rings. The fourth-order valence-corrected chi connectivity index (χ4v) is 1.84. The van der Waals surface area contributed by atoms with E-state index in [4.69, 9.17) is 5.11 Å². The number of carbonyl (C=O) groups is 1. The minimum atomic E-state index is -0.915. The summed E-state index contributed by atoms with van der Waals surface area (Å²) < 4.78 is 0. The molecule has 2 rings (SSSR count). The molecule has 94 valence electrons. The third-order valence-electron chi connectivity index (χ3n) is 2.71. The van der Waals surface area contributed by atoms with Gasteiger partial charge in [0.25, 0.3) is 0 Å². The topological polar surface area (TPSA) is 62.2 Å². The predicted molar refractivity (Wildman–Crippen MR) is 72.0 cm³/mol. The second-order valence-corrected chi connectivity index (χ2v) is 4.64. The molecule has 1 aromatic carbocycles. The van der Waals surface area contributed by atoms with Crippen LogP contribution in [-0.4, -0.2) is 22.6 Å². The van der Waals surface area contributed by atoms with Crippen LogP contribution in [-0.2, 0) is 0 Å². The van der Waals surface area contributed by atoms with Gasteiger partial charge >= 0.3 is 5.97 Å². The Kier molecular flexibility index (Phi) is 3.46. The number of carboxylic acid groups (broad SMARTS) is 1. The molecule has 4 heteroatoms. The van der Waals surface area contributed by atoms with Gasteiger partial charge in [-0.1, -0.05) is 26.0 Å². The summed E-state index contributed by atoms with van der Waals surface area (Å²) in [6, 6.07) is 6.97. The van der Waals surface area contributed by atoms with Crippen molar-refractivity contribution in [3.8, 4) is 0 Å². The average molecular weight is 244 g/mol. The van der Waals surface area contributed by atoms with Gasteiger partial charge in [-0.3, -0.25) is 0 Å². The van der Waals surface area contributed by atoms with Crippen LogP contribution in [0.1, 0.15) is 24.2 Å². The maximum absolute atomic E-state index is 11.2. The summed E-state index contributed by atoms with van der Waals surface area (Å²) in [6.45, 7) is 5.03. The molecule has 0 saturated carbocycles. The second kappa shape index (κ2) is 5.04. The highest BCUT2D eigenvalue weighted by Gasteiger charge is 2.10. The number of nitrogens with zero attached hydrogens (tertiary/aromatic N) is 1. The lowest BCUT2D eigenvalue weighted by molar-refractivity contribution is 0.0699. The molecule has 18 heavy (non-hydrogen) atoms. The fraction of sp³-hybridized carbons (Fsp3) is 0.286. The minimum absolute atomic E-state index is 0.308. The van der Waals surface area contributed by atoms with Crippen molar-refractivity contribution >= 4 is 22.6 Å². The molecule has 1 heterocycles. The summed E-state index contributed by atoms with van der Waals surface area (Å²) in [7, 11) is 0. The zero-order chi connectivity index (χ0) is 13.1. The lowest BCUT2D eigenvalue weighted by atomic mass is 10.1. The summed E-state index contributed by atoms with van der Waals surface area (Å²) in [5.41, 5.74) is 0.308. The highest BCUT2D eigenvalue weighted by atomic mass is 16.4. The van der Waals surface area contributed by atoms with Crippen LogP contribution in [0.25, 0.3) is 10.8 Å². The van der Waals surface area contributed by atoms with Gasteiger partial charge in [-0.05, 0) is 18.1 Å². The SMILES string of the molecule is CC(C)CNc1nccc2c(C(=O)O)cccc12. The monoisotopic (exact) mass is 244 g/mol. The number of rotatable bonds is 4. The van der Waals surface area contributed by atoms with Gasteiger partial charge in [0.05, 0.1) is 5.56 Å². The lowest BCUT2D eigenvalue weighted by Crippen LogP contribution is -2.09. The van der Waals surface area contributed by atoms with Crippen LogP contribution in [0.15, 0.2) is 30.5 Å². The van der Waals surface area contributed by atoms with E-state index in [1.807, 2.05) is 6.07 Å². The molecule has 0 aliphatic heterocycles. The number of fused-ring (bicyclic) bond motifs is 1. The maximum atomic E-state index is 11.2. The number of benzene rings is 1. The Labute approximate surface area is 106 Å². The van der Waals surface area contributed by atoms with Gasteiger partial charge in [-0.2, -0.15) is 0 Å². The van der Waals surface area contributed by atoms with Crippen molar-refractivity contribution in [1.82, 2.24) is 4.98 Å². The zero-order valence-electron chi connectivity index (χ0n) is 10.5. The molecule has 0 unspecified atom stereocenters. The molecule has 0 aliphatic carbocycles. The molecule has 1 aromatic heterocycles. The minimum Gasteiger partial charge on any atom is -0.478 e. The van der Waals surface area contributed by atoms with Gasteiger partial charge in [0, 0.05) is 23.5 Å². The van der Waals surface area contributed by atoms with Crippen molar-refractivity contribution in [2.75, 3.05) is 11.9 Å². The molecule has 0 atom stereocenters. The first-order valence-electron chi connectivity index (χ1n) is 5.94. The first kappa shape index (κ1) is 12.4. The number of aromatic carboxylic acids is 1. The molecular formula is C14H16N2O2. The second-order valence-electron chi connectivity index (χ2n) is 4.64. The Morgan fingerprint density at radius 2 is 2.11 bits per heavy atom. The Balaban J connectivity index is 2.50. The highest BCUT2D eigenvalue weighted by Crippen LogP contribution is 2.24. The summed E-state index contributed by atoms with van der Waals surface area (Å²) in [6.07, 6.45) is 1.64. The molecule has 0 aliphatic rings. The van der Waals surface area contributed by atoms with E-state index in [1.165, 1.54) is 0 Å². The fourth-order valence-electron chi connectivity index (χ4n) is 1.84. The molecule has 0 saturated heterocycles. The maximum Gasteiger partial charge on any atom is 0.336 e. The number of hydrogen-bond acceptors (Lipinski definition) is 3. The van der Waals surface area contributed by atoms with Gasteiger partial charge in [-0.15, -0.1) is 0 Å². The molecule has 0 amide bonds. The van der Waals surface area contributed by atoms with Crippen molar-refractivity contribution in [3.05, 3.63) is 36.0 Å². The third-order valence-corrected chi connectivity index (χ3v) is 2.71. The first-order valence-corrected chi connectivity index (χ1v) is 5.94. The number of hydrogen-bond donors (Lipinski definition) is 2. The van der Waals surface area contributed by atoms with Crippen LogP contribution in [0, 0.1) is 5.92 Å². The lowest BCUT2D eigenvalue weighted by Gasteiger charge is -2.11. The number of aromatic nitrogens is 1. The van der Waals surface area contributed by atoms with Gasteiger partial charge in [0.1, 0.15) is 5.82 Å². The summed E-state index contributed by atoms with van der Waals surface area (Å²) in [5, 5.41) is 14.0. The Morgan fingerprint density at radius 1 is 1.33 bits per heavy atom. The van der Waals surface area contributed by atoms with E-state index in [-0.39, 0.29) is 0 Å². The number of pyridine rings is 1. The number of anilines is 1. The van der Waals surface area contributed by atoms with Gasteiger partial charge in [0.15, 0.2) is 0 Å². The zero-order valence-corrected chi connectivity index (χ0v) is 10.5. The van der Waals surface area contributed by atoms with E-state index in [0.717, 1.165) is 17.7 Å². The van der Waals surface area contributed by atoms with E-state index in [1.54, 1.807) is 24.4 Å². The van der Waals surface area contributed by atoms with Crippen molar-refractivity contribution in [1.29, 1.82) is 0 Å². The van der Waals surface area contributed by atoms with Crippen molar-refractivity contribution in [2.24, 2.45) is 5.92 Å². The number of carboxylic acids is 1. The Bertz CT molecular complexity index is 579. The molecule has 4 nitrogen and oxygen atoms in total. The smallest absolute Gasteiger partial charge is 0.336 e. The third kappa shape index (κ3) is 2.42. The molecule has 0 spiro atoms. The van der Waals surface area contributed by atoms with Crippen molar-refractivity contribution in [2.45, 2.75) is 13.8 Å². The molecule has 0 bridgehead atoms.